The number of aliphatic hydroxyl groups excluding tert-OH is 19. The molecule has 6 aliphatic heterocycles. The minimum atomic E-state index is -1.98. The van der Waals surface area contributed by atoms with Crippen molar-refractivity contribution in [1.82, 2.24) is 0 Å². The van der Waals surface area contributed by atoms with Gasteiger partial charge in [0.05, 0.1) is 81.9 Å². The topological polar surface area (TPSA) is 515 Å². The zero-order valence-corrected chi connectivity index (χ0v) is 58.7. The van der Waals surface area contributed by atoms with Gasteiger partial charge in [0.25, 0.3) is 0 Å². The number of aliphatic hydroxyl groups is 20. The summed E-state index contributed by atoms with van der Waals surface area (Å²) in [7, 11) is 0. The monoisotopic (exact) mass is 1440 g/mol. The highest BCUT2D eigenvalue weighted by Crippen LogP contribution is 2.75. The molecular formula is C68H116O32. The highest BCUT2D eigenvalue weighted by atomic mass is 16.8. The molecule has 0 aromatic carbocycles. The average Bonchev–Trinajstić information content (AvgIpc) is 1.32. The third-order valence-electron chi connectivity index (χ3n) is 25.8. The molecule has 0 radical (unpaired) electrons. The van der Waals surface area contributed by atoms with E-state index >= 15 is 0 Å². The summed E-state index contributed by atoms with van der Waals surface area (Å²) in [6.07, 6.45) is -40.4. The van der Waals surface area contributed by atoms with Crippen LogP contribution in [0.4, 0.5) is 0 Å². The van der Waals surface area contributed by atoms with Gasteiger partial charge in [-0.2, -0.15) is 0 Å². The average molecular weight is 1450 g/mol. The lowest BCUT2D eigenvalue weighted by Gasteiger charge is -2.67. The lowest BCUT2D eigenvalue weighted by atomic mass is 9.38. The second-order valence-corrected chi connectivity index (χ2v) is 32.3. The Morgan fingerprint density at radius 1 is 0.480 bits per heavy atom. The number of hydrogen-bond acceptors (Lipinski definition) is 32. The first kappa shape index (κ1) is 81.0. The molecule has 0 aromatic rings. The highest BCUT2D eigenvalue weighted by molar-refractivity contribution is 5.32. The van der Waals surface area contributed by atoms with Crippen molar-refractivity contribution in [3.8, 4) is 0 Å². The third kappa shape index (κ3) is 14.8. The summed E-state index contributed by atoms with van der Waals surface area (Å²) < 4.78 is 73.0. The Kier molecular flexibility index (Phi) is 25.6. The fourth-order valence-corrected chi connectivity index (χ4v) is 18.9. The van der Waals surface area contributed by atoms with Crippen LogP contribution >= 0.6 is 0 Å². The zero-order valence-electron chi connectivity index (χ0n) is 58.7. The Morgan fingerprint density at radius 2 is 0.940 bits per heavy atom. The second-order valence-electron chi connectivity index (χ2n) is 32.3. The molecule has 0 amide bonds. The Morgan fingerprint density at radius 3 is 1.49 bits per heavy atom. The van der Waals surface area contributed by atoms with E-state index in [1.165, 1.54) is 0 Å². The molecule has 0 aromatic heterocycles. The first-order chi connectivity index (χ1) is 46.9. The minimum Gasteiger partial charge on any atom is -0.394 e. The van der Waals surface area contributed by atoms with Crippen molar-refractivity contribution in [1.29, 1.82) is 0 Å². The van der Waals surface area contributed by atoms with Crippen molar-refractivity contribution < 1.29 is 159 Å². The van der Waals surface area contributed by atoms with Crippen LogP contribution in [0.15, 0.2) is 11.6 Å². The van der Waals surface area contributed by atoms with E-state index in [1.54, 1.807) is 27.7 Å². The van der Waals surface area contributed by atoms with Crippen LogP contribution < -0.4 is 0 Å². The van der Waals surface area contributed by atoms with Crippen molar-refractivity contribution >= 4 is 0 Å². The lowest BCUT2D eigenvalue weighted by molar-refractivity contribution is -0.378. The van der Waals surface area contributed by atoms with Gasteiger partial charge in [-0.1, -0.05) is 67.0 Å². The van der Waals surface area contributed by atoms with Gasteiger partial charge in [0.15, 0.2) is 37.7 Å². The van der Waals surface area contributed by atoms with E-state index in [0.29, 0.717) is 32.1 Å². The van der Waals surface area contributed by atoms with Crippen LogP contribution in [-0.4, -0.2) is 338 Å². The summed E-state index contributed by atoms with van der Waals surface area (Å²) in [5.74, 6) is -1.69. The van der Waals surface area contributed by atoms with Gasteiger partial charge in [-0.15, -0.1) is 0 Å². The number of rotatable bonds is 23. The molecule has 3 saturated carbocycles. The minimum absolute atomic E-state index is 0.00193. The fourth-order valence-electron chi connectivity index (χ4n) is 18.9. The lowest BCUT2D eigenvalue weighted by Crippen LogP contribution is -2.66. The maximum absolute atomic E-state index is 13.0. The van der Waals surface area contributed by atoms with Gasteiger partial charge in [-0.3, -0.25) is 0 Å². The Balaban J connectivity index is 0.828. The molecule has 6 saturated heterocycles. The highest BCUT2D eigenvalue weighted by Gasteiger charge is 2.71. The summed E-state index contributed by atoms with van der Waals surface area (Å²) in [5.41, 5.74) is -2.66. The number of hydrogen-bond donors (Lipinski definition) is 20. The van der Waals surface area contributed by atoms with Crippen molar-refractivity contribution in [2.45, 2.75) is 317 Å². The SMILES string of the molecule is C[C@@H]1[C@@H](O)[C@H](OC[C@H]2O[C@@H](O[C@H](CC[C@@H](C)C3CC[C@@]4(C)C5CC=C6C(CC[C@H](O[C@@H]7O[C@H](CO)[C@@H](O)[C@H](O)[C@H]7OC7O[C@@H](CO[C@@H]8O[C@H](CO)[C@@H](O)[C@H](O)[C@H]8O)[C@H](O)[C@@H](O)[C@@H]7O)C6(C)C)[C@]5(C)[C@H](O)C[C@]34C)C(C)(C)O)[C@H](O[C@H]3O[C@@H](CO)[C@H](O)[C@@H](O)[C@@H]3O)[C@@H](O)[C@@H]2C)O[C@H](CO)[C@H]1O. The molecule has 0 bridgehead atoms. The molecule has 40 atom stereocenters. The van der Waals surface area contributed by atoms with Crippen LogP contribution in [0.1, 0.15) is 121 Å². The Bertz CT molecular complexity index is 2670. The number of fused-ring (bicyclic) bond motifs is 5. The van der Waals surface area contributed by atoms with Crippen molar-refractivity contribution in [3.05, 3.63) is 11.6 Å². The van der Waals surface area contributed by atoms with E-state index in [1.807, 2.05) is 13.8 Å². The third-order valence-corrected chi connectivity index (χ3v) is 25.8. The molecule has 9 fully saturated rings. The Hall–Kier alpha value is -1.54. The normalized spacial score (nSPS) is 52.1. The Labute approximate surface area is 582 Å². The van der Waals surface area contributed by atoms with Crippen molar-refractivity contribution in [2.24, 2.45) is 57.2 Å². The van der Waals surface area contributed by atoms with Crippen LogP contribution in [0.3, 0.4) is 0 Å². The van der Waals surface area contributed by atoms with E-state index in [-0.39, 0.29) is 42.1 Å². The van der Waals surface area contributed by atoms with Crippen LogP contribution in [0, 0.1) is 57.2 Å². The molecule has 20 N–H and O–H groups in total. The molecule has 4 unspecified atom stereocenters. The molecule has 32 nitrogen and oxygen atoms in total. The van der Waals surface area contributed by atoms with Gasteiger partial charge >= 0.3 is 0 Å². The number of ether oxygens (including phenoxy) is 12. The molecule has 4 aliphatic carbocycles. The smallest absolute Gasteiger partial charge is 0.187 e. The van der Waals surface area contributed by atoms with Crippen molar-refractivity contribution in [2.75, 3.05) is 39.6 Å². The molecule has 10 rings (SSSR count). The molecule has 580 valence electrons. The van der Waals surface area contributed by atoms with Crippen LogP contribution in [0.2, 0.25) is 0 Å². The van der Waals surface area contributed by atoms with E-state index in [2.05, 4.69) is 33.8 Å². The summed E-state index contributed by atoms with van der Waals surface area (Å²) in [6.45, 7) is 15.5. The second kappa shape index (κ2) is 31.6. The summed E-state index contributed by atoms with van der Waals surface area (Å²) in [4.78, 5) is 0. The van der Waals surface area contributed by atoms with E-state index in [4.69, 9.17) is 56.8 Å². The van der Waals surface area contributed by atoms with Crippen LogP contribution in [0.5, 0.6) is 0 Å². The van der Waals surface area contributed by atoms with Gasteiger partial charge in [-0.25, -0.2) is 0 Å². The predicted molar refractivity (Wildman–Crippen MR) is 339 cm³/mol. The first-order valence-electron chi connectivity index (χ1n) is 35.7. The van der Waals surface area contributed by atoms with Gasteiger partial charge in [0, 0.05) is 22.7 Å². The van der Waals surface area contributed by atoms with Crippen molar-refractivity contribution in [3.63, 3.8) is 0 Å². The van der Waals surface area contributed by atoms with Gasteiger partial charge in [-0.05, 0) is 99.7 Å². The molecule has 0 spiro atoms. The summed E-state index contributed by atoms with van der Waals surface area (Å²) >= 11 is 0. The molecule has 6 heterocycles. The van der Waals surface area contributed by atoms with E-state index in [9.17, 15) is 102 Å². The van der Waals surface area contributed by atoms with E-state index < -0.39 is 257 Å². The molecule has 100 heavy (non-hydrogen) atoms. The maximum atomic E-state index is 13.0. The van der Waals surface area contributed by atoms with Gasteiger partial charge < -0.3 is 159 Å². The first-order valence-corrected chi connectivity index (χ1v) is 35.7. The number of allylic oxidation sites excluding steroid dienone is 1. The predicted octanol–water partition coefficient (Wildman–Crippen LogP) is -5.03. The largest absolute Gasteiger partial charge is 0.394 e. The molecule has 32 heteroatoms. The summed E-state index contributed by atoms with van der Waals surface area (Å²) in [6, 6.07) is 0. The standard InChI is InChI=1S/C68H116O32/c1-26(11-15-41(65(6,7)88)98-62-56(99-60-54(86)50(82)46(78)34(22-71)93-60)43(75)27(2)36(95-62)24-89-58-44(76)28(3)42(74)32(20-69)91-58)29-17-18-66(8)38-14-12-30-31(68(38,10)39(73)19-67(29,66)9)13-16-40(64(30,4)5)97-63-57(52(84)47(79)35(23-72)94-63)100-61-55(87)51(83)48(80)37(96-61)25-90-59-53(85)49(81)45(77)33(21-70)92-59/h12,26-29,31-63,69-88H,11,13-25H2,1-10H3/t26-,27-,28+,29?,31?,32-,33-,34+,35-,36-,37+,38?,39-,40+,41-,42+,43+,44-,45-,46+,47-,48+,49+,50-,51-,52+,53-,54+,55+,56-,57-,58-,59-,60-,61?,62+,63+,66+,67-,68+/m1/s1. The van der Waals surface area contributed by atoms with Gasteiger partial charge in [0.1, 0.15) is 116 Å². The van der Waals surface area contributed by atoms with Gasteiger partial charge in [0.2, 0.25) is 0 Å². The zero-order chi connectivity index (χ0) is 73.5. The quantitative estimate of drug-likeness (QED) is 0.0426. The summed E-state index contributed by atoms with van der Waals surface area (Å²) in [5, 5.41) is 218. The maximum Gasteiger partial charge on any atom is 0.187 e. The van der Waals surface area contributed by atoms with E-state index in [0.717, 1.165) is 18.4 Å². The fraction of sp³-hybridized carbons (Fsp3) is 0.971. The molecular weight excluding hydrogens is 1330 g/mol. The van der Waals surface area contributed by atoms with Crippen LogP contribution in [-0.2, 0) is 56.8 Å². The van der Waals surface area contributed by atoms with Crippen LogP contribution in [0.25, 0.3) is 0 Å². The molecule has 10 aliphatic rings.